The van der Waals surface area contributed by atoms with Gasteiger partial charge >= 0.3 is 0 Å². The molecule has 1 aromatic heterocycles. The zero-order chi connectivity index (χ0) is 18.1. The number of benzene rings is 1. The maximum atomic E-state index is 11.9. The second kappa shape index (κ2) is 9.91. The molecule has 0 spiro atoms. The SMILES string of the molecule is CC.O=C(NC[C@H](O)CN1CCc2ccccc2C1)c1cccnc1. The minimum absolute atomic E-state index is 0.207. The summed E-state index contributed by atoms with van der Waals surface area (Å²) in [6.45, 7) is 6.59. The van der Waals surface area contributed by atoms with Gasteiger partial charge in [0.05, 0.1) is 11.7 Å². The number of nitrogens with zero attached hydrogens (tertiary/aromatic N) is 2. The number of carbonyl (C=O) groups excluding carboxylic acids is 1. The first kappa shape index (κ1) is 19.1. The second-order valence-electron chi connectivity index (χ2n) is 5.86. The number of β-amino-alcohol motifs (C(OH)–C–C–N with tert-alkyl or cyclic N) is 1. The average molecular weight is 341 g/mol. The Morgan fingerprint density at radius 1 is 1.24 bits per heavy atom. The lowest BCUT2D eigenvalue weighted by Gasteiger charge is -2.30. The van der Waals surface area contributed by atoms with E-state index in [2.05, 4.69) is 33.4 Å². The molecular formula is C20H27N3O2. The zero-order valence-electron chi connectivity index (χ0n) is 15.0. The van der Waals surface area contributed by atoms with Crippen LogP contribution in [0.5, 0.6) is 0 Å². The summed E-state index contributed by atoms with van der Waals surface area (Å²) in [7, 11) is 0. The summed E-state index contributed by atoms with van der Waals surface area (Å²) in [5, 5.41) is 12.9. The molecule has 5 heteroatoms. The quantitative estimate of drug-likeness (QED) is 0.875. The Labute approximate surface area is 149 Å². The molecule has 0 aliphatic carbocycles. The molecule has 0 fully saturated rings. The van der Waals surface area contributed by atoms with Gasteiger partial charge in [0.15, 0.2) is 0 Å². The van der Waals surface area contributed by atoms with Gasteiger partial charge in [-0.1, -0.05) is 38.1 Å². The van der Waals surface area contributed by atoms with E-state index in [1.54, 1.807) is 18.3 Å². The highest BCUT2D eigenvalue weighted by Gasteiger charge is 2.18. The van der Waals surface area contributed by atoms with E-state index in [9.17, 15) is 9.90 Å². The minimum Gasteiger partial charge on any atom is -0.390 e. The van der Waals surface area contributed by atoms with Crippen molar-refractivity contribution in [1.29, 1.82) is 0 Å². The van der Waals surface area contributed by atoms with Crippen LogP contribution in [0.25, 0.3) is 0 Å². The van der Waals surface area contributed by atoms with Crippen molar-refractivity contribution in [1.82, 2.24) is 15.2 Å². The summed E-state index contributed by atoms with van der Waals surface area (Å²) in [6.07, 6.45) is 3.56. The Kier molecular flexibility index (Phi) is 7.57. The van der Waals surface area contributed by atoms with Crippen LogP contribution in [0.15, 0.2) is 48.8 Å². The predicted molar refractivity (Wildman–Crippen MR) is 99.3 cm³/mol. The fourth-order valence-corrected chi connectivity index (χ4v) is 2.88. The van der Waals surface area contributed by atoms with Crippen LogP contribution >= 0.6 is 0 Å². The van der Waals surface area contributed by atoms with Crippen molar-refractivity contribution >= 4 is 5.91 Å². The number of pyridine rings is 1. The number of amides is 1. The Morgan fingerprint density at radius 2 is 2.00 bits per heavy atom. The Hall–Kier alpha value is -2.24. The zero-order valence-corrected chi connectivity index (χ0v) is 15.0. The van der Waals surface area contributed by atoms with Gasteiger partial charge in [0.1, 0.15) is 0 Å². The third-order valence-corrected chi connectivity index (χ3v) is 4.10. The molecule has 3 rings (SSSR count). The summed E-state index contributed by atoms with van der Waals surface area (Å²) in [5.41, 5.74) is 3.22. The molecule has 25 heavy (non-hydrogen) atoms. The largest absolute Gasteiger partial charge is 0.390 e. The molecule has 2 aromatic rings. The van der Waals surface area contributed by atoms with Crippen molar-refractivity contribution in [2.45, 2.75) is 32.9 Å². The van der Waals surface area contributed by atoms with E-state index in [1.165, 1.54) is 17.3 Å². The van der Waals surface area contributed by atoms with Crippen LogP contribution in [0.3, 0.4) is 0 Å². The molecule has 0 saturated heterocycles. The summed E-state index contributed by atoms with van der Waals surface area (Å²) < 4.78 is 0. The molecule has 2 heterocycles. The highest BCUT2D eigenvalue weighted by Crippen LogP contribution is 2.18. The standard InChI is InChI=1S/C18H21N3O2.C2H6/c22-17(11-20-18(23)15-6-3-8-19-10-15)13-21-9-7-14-4-1-2-5-16(14)12-21;1-2/h1-6,8,10,17,22H,7,9,11-13H2,(H,20,23);1-2H3/t17-;/m0./s1. The van der Waals surface area contributed by atoms with Crippen LogP contribution in [0.2, 0.25) is 0 Å². The van der Waals surface area contributed by atoms with Crippen LogP contribution in [0, 0.1) is 0 Å². The van der Waals surface area contributed by atoms with Gasteiger partial charge in [-0.05, 0) is 29.7 Å². The lowest BCUT2D eigenvalue weighted by molar-refractivity contribution is 0.0841. The number of fused-ring (bicyclic) bond motifs is 1. The molecule has 0 radical (unpaired) electrons. The Morgan fingerprint density at radius 3 is 2.72 bits per heavy atom. The summed E-state index contributed by atoms with van der Waals surface area (Å²) in [6, 6.07) is 11.8. The van der Waals surface area contributed by atoms with Crippen LogP contribution < -0.4 is 5.32 Å². The van der Waals surface area contributed by atoms with Crippen molar-refractivity contribution in [3.63, 3.8) is 0 Å². The highest BCUT2D eigenvalue weighted by molar-refractivity contribution is 5.93. The van der Waals surface area contributed by atoms with E-state index in [-0.39, 0.29) is 12.5 Å². The molecule has 0 unspecified atom stereocenters. The lowest BCUT2D eigenvalue weighted by atomic mass is 10.00. The summed E-state index contributed by atoms with van der Waals surface area (Å²) in [4.78, 5) is 18.1. The van der Waals surface area contributed by atoms with Gasteiger partial charge in [-0.2, -0.15) is 0 Å². The van der Waals surface area contributed by atoms with Crippen LogP contribution in [0.1, 0.15) is 35.3 Å². The van der Waals surface area contributed by atoms with E-state index >= 15 is 0 Å². The number of aliphatic hydroxyl groups excluding tert-OH is 1. The van der Waals surface area contributed by atoms with Crippen LogP contribution in [-0.4, -0.2) is 46.6 Å². The molecule has 1 aliphatic heterocycles. The number of carbonyl (C=O) groups is 1. The number of aromatic nitrogens is 1. The van der Waals surface area contributed by atoms with Gasteiger partial charge < -0.3 is 10.4 Å². The third-order valence-electron chi connectivity index (χ3n) is 4.10. The number of hydrogen-bond acceptors (Lipinski definition) is 4. The Bertz CT molecular complexity index is 661. The molecule has 1 aromatic carbocycles. The molecule has 0 saturated carbocycles. The van der Waals surface area contributed by atoms with Crippen molar-refractivity contribution in [2.24, 2.45) is 0 Å². The van der Waals surface area contributed by atoms with Crippen molar-refractivity contribution in [3.05, 3.63) is 65.5 Å². The molecule has 134 valence electrons. The molecular weight excluding hydrogens is 314 g/mol. The fourth-order valence-electron chi connectivity index (χ4n) is 2.88. The monoisotopic (exact) mass is 341 g/mol. The van der Waals surface area contributed by atoms with E-state index in [0.29, 0.717) is 12.1 Å². The fraction of sp³-hybridized carbons (Fsp3) is 0.400. The topological polar surface area (TPSA) is 65.5 Å². The smallest absolute Gasteiger partial charge is 0.252 e. The van der Waals surface area contributed by atoms with E-state index in [4.69, 9.17) is 0 Å². The first-order valence-corrected chi connectivity index (χ1v) is 8.88. The lowest BCUT2D eigenvalue weighted by Crippen LogP contribution is -2.42. The molecule has 1 aliphatic rings. The molecule has 1 atom stereocenters. The van der Waals surface area contributed by atoms with Crippen molar-refractivity contribution in [3.8, 4) is 0 Å². The van der Waals surface area contributed by atoms with Gasteiger partial charge in [0.25, 0.3) is 5.91 Å². The second-order valence-corrected chi connectivity index (χ2v) is 5.86. The molecule has 2 N–H and O–H groups in total. The Balaban J connectivity index is 0.00000109. The van der Waals surface area contributed by atoms with Gasteiger partial charge in [0, 0.05) is 38.6 Å². The number of hydrogen-bond donors (Lipinski definition) is 2. The first-order chi connectivity index (χ1) is 12.2. The minimum atomic E-state index is -0.583. The van der Waals surface area contributed by atoms with Crippen LogP contribution in [-0.2, 0) is 13.0 Å². The number of rotatable bonds is 5. The first-order valence-electron chi connectivity index (χ1n) is 8.88. The van der Waals surface area contributed by atoms with E-state index < -0.39 is 6.10 Å². The molecule has 0 bridgehead atoms. The maximum Gasteiger partial charge on any atom is 0.252 e. The van der Waals surface area contributed by atoms with E-state index in [1.807, 2.05) is 19.9 Å². The molecule has 5 nitrogen and oxygen atoms in total. The highest BCUT2D eigenvalue weighted by atomic mass is 16.3. The van der Waals surface area contributed by atoms with Crippen molar-refractivity contribution < 1.29 is 9.90 Å². The van der Waals surface area contributed by atoms with Gasteiger partial charge in [-0.25, -0.2) is 0 Å². The third kappa shape index (κ3) is 5.66. The molecule has 1 amide bonds. The maximum absolute atomic E-state index is 11.9. The summed E-state index contributed by atoms with van der Waals surface area (Å²) >= 11 is 0. The summed E-state index contributed by atoms with van der Waals surface area (Å²) in [5.74, 6) is -0.207. The average Bonchev–Trinajstić information content (AvgIpc) is 2.68. The van der Waals surface area contributed by atoms with Gasteiger partial charge in [0.2, 0.25) is 0 Å². The van der Waals surface area contributed by atoms with Crippen LogP contribution in [0.4, 0.5) is 0 Å². The predicted octanol–water partition coefficient (Wildman–Crippen LogP) is 2.26. The van der Waals surface area contributed by atoms with Crippen molar-refractivity contribution in [2.75, 3.05) is 19.6 Å². The number of aliphatic hydroxyl groups is 1. The van der Waals surface area contributed by atoms with Gasteiger partial charge in [-0.3, -0.25) is 14.7 Å². The normalized spacial score (nSPS) is 14.7. The van der Waals surface area contributed by atoms with Gasteiger partial charge in [-0.15, -0.1) is 0 Å². The number of nitrogens with one attached hydrogen (secondary N) is 1. The van der Waals surface area contributed by atoms with E-state index in [0.717, 1.165) is 19.5 Å².